The Morgan fingerprint density at radius 2 is 1.83 bits per heavy atom. The first kappa shape index (κ1) is 25.0. The van der Waals surface area contributed by atoms with E-state index in [2.05, 4.69) is 40.6 Å². The summed E-state index contributed by atoms with van der Waals surface area (Å²) < 4.78 is 26.2. The van der Waals surface area contributed by atoms with Crippen molar-refractivity contribution < 1.29 is 13.2 Å². The minimum absolute atomic E-state index is 0.130. The number of fused-ring (bicyclic) bond motifs is 1. The van der Waals surface area contributed by atoms with Gasteiger partial charge in [0.1, 0.15) is 0 Å². The highest BCUT2D eigenvalue weighted by atomic mass is 32.2. The van der Waals surface area contributed by atoms with E-state index in [1.807, 2.05) is 12.3 Å². The van der Waals surface area contributed by atoms with Crippen LogP contribution in [0.25, 0.3) is 22.0 Å². The number of nitrogens with zero attached hydrogens (tertiary/aromatic N) is 1. The van der Waals surface area contributed by atoms with E-state index < -0.39 is 15.9 Å². The lowest BCUT2D eigenvalue weighted by Crippen LogP contribution is -2.38. The Balaban J connectivity index is 1.44. The van der Waals surface area contributed by atoms with E-state index in [1.54, 1.807) is 11.2 Å². The third-order valence-corrected chi connectivity index (χ3v) is 9.83. The second kappa shape index (κ2) is 10.4. The molecule has 1 aliphatic heterocycles. The zero-order valence-corrected chi connectivity index (χ0v) is 21.7. The third-order valence-electron chi connectivity index (χ3n) is 7.95. The average Bonchev–Trinajstić information content (AvgIpc) is 3.57. The summed E-state index contributed by atoms with van der Waals surface area (Å²) in [5.41, 5.74) is 11.4. The number of aromatic nitrogens is 1. The number of nitrogens with one attached hydrogen (secondary N) is 2. The van der Waals surface area contributed by atoms with E-state index in [0.717, 1.165) is 47.0 Å². The van der Waals surface area contributed by atoms with Crippen LogP contribution < -0.4 is 11.1 Å². The molecule has 0 unspecified atom stereocenters. The van der Waals surface area contributed by atoms with Crippen molar-refractivity contribution in [2.45, 2.75) is 64.0 Å². The molecule has 2 fully saturated rings. The number of benzene rings is 2. The summed E-state index contributed by atoms with van der Waals surface area (Å²) in [6.45, 7) is 3.56. The minimum atomic E-state index is -3.17. The van der Waals surface area contributed by atoms with Crippen LogP contribution in [-0.4, -0.2) is 48.5 Å². The SMILES string of the molecule is CCS(=O)(=O)N1CCC(c2c[nH]c3c(C(N)=O)cc(-c4cccc(CNC5CCCC5)c4)cc23)CC1. The van der Waals surface area contributed by atoms with Gasteiger partial charge in [0.2, 0.25) is 10.0 Å². The maximum absolute atomic E-state index is 12.4. The molecule has 2 heterocycles. The number of primary amides is 1. The summed E-state index contributed by atoms with van der Waals surface area (Å²) in [6.07, 6.45) is 8.59. The largest absolute Gasteiger partial charge is 0.366 e. The second-order valence-corrected chi connectivity index (χ2v) is 12.4. The Morgan fingerprint density at radius 3 is 2.53 bits per heavy atom. The van der Waals surface area contributed by atoms with E-state index >= 15 is 0 Å². The average molecular weight is 509 g/mol. The van der Waals surface area contributed by atoms with Crippen molar-refractivity contribution in [3.05, 3.63) is 59.3 Å². The number of aromatic amines is 1. The number of H-pyrrole nitrogens is 1. The summed E-state index contributed by atoms with van der Waals surface area (Å²) >= 11 is 0. The molecule has 3 aromatic rings. The van der Waals surface area contributed by atoms with E-state index in [4.69, 9.17) is 5.73 Å². The summed E-state index contributed by atoms with van der Waals surface area (Å²) in [4.78, 5) is 15.7. The molecule has 0 radical (unpaired) electrons. The fraction of sp³-hybridized carbons (Fsp3) is 0.464. The van der Waals surface area contributed by atoms with Crippen molar-refractivity contribution >= 4 is 26.8 Å². The number of piperidine rings is 1. The fourth-order valence-electron chi connectivity index (χ4n) is 5.83. The standard InChI is InChI=1S/C28H36N4O3S/c1-2-36(34,35)32-12-10-20(11-13-32)26-18-31-27-24(26)15-22(16-25(27)28(29)33)21-7-5-6-19(14-21)17-30-23-8-3-4-9-23/h5-7,14-16,18,20,23,30-31H,2-4,8-13,17H2,1H3,(H2,29,33). The normalized spacial score (nSPS) is 18.2. The first-order chi connectivity index (χ1) is 17.4. The molecule has 1 aromatic heterocycles. The number of sulfonamides is 1. The summed E-state index contributed by atoms with van der Waals surface area (Å²) in [5.74, 6) is -0.108. The molecule has 2 aliphatic rings. The Morgan fingerprint density at radius 1 is 1.08 bits per heavy atom. The van der Waals surface area contributed by atoms with Crippen LogP contribution >= 0.6 is 0 Å². The molecular formula is C28H36N4O3S. The molecule has 2 aromatic carbocycles. The minimum Gasteiger partial charge on any atom is -0.366 e. The van der Waals surface area contributed by atoms with Crippen LogP contribution in [0.15, 0.2) is 42.6 Å². The van der Waals surface area contributed by atoms with Crippen LogP contribution in [0.3, 0.4) is 0 Å². The van der Waals surface area contributed by atoms with Crippen molar-refractivity contribution in [3.63, 3.8) is 0 Å². The predicted molar refractivity (Wildman–Crippen MR) is 144 cm³/mol. The number of hydrogen-bond acceptors (Lipinski definition) is 4. The predicted octanol–water partition coefficient (Wildman–Crippen LogP) is 4.50. The molecule has 1 saturated heterocycles. The van der Waals surface area contributed by atoms with Crippen molar-refractivity contribution in [1.82, 2.24) is 14.6 Å². The van der Waals surface area contributed by atoms with Crippen molar-refractivity contribution in [1.29, 1.82) is 0 Å². The molecule has 0 bridgehead atoms. The molecule has 1 amide bonds. The van der Waals surface area contributed by atoms with Gasteiger partial charge in [-0.05, 0) is 79.0 Å². The first-order valence-corrected chi connectivity index (χ1v) is 14.7. The second-order valence-electron chi connectivity index (χ2n) is 10.2. The molecular weight excluding hydrogens is 472 g/mol. The number of carbonyl (C=O) groups excluding carboxylic acids is 1. The maximum atomic E-state index is 12.4. The van der Waals surface area contributed by atoms with Gasteiger partial charge in [0, 0.05) is 37.3 Å². The van der Waals surface area contributed by atoms with Crippen LogP contribution in [0.5, 0.6) is 0 Å². The van der Waals surface area contributed by atoms with Crippen molar-refractivity contribution in [3.8, 4) is 11.1 Å². The third kappa shape index (κ3) is 5.08. The maximum Gasteiger partial charge on any atom is 0.250 e. The van der Waals surface area contributed by atoms with Gasteiger partial charge in [0.15, 0.2) is 0 Å². The van der Waals surface area contributed by atoms with Crippen molar-refractivity contribution in [2.75, 3.05) is 18.8 Å². The highest BCUT2D eigenvalue weighted by molar-refractivity contribution is 7.89. The van der Waals surface area contributed by atoms with Crippen molar-refractivity contribution in [2.24, 2.45) is 5.73 Å². The Labute approximate surface area is 213 Å². The first-order valence-electron chi connectivity index (χ1n) is 13.1. The van der Waals surface area contributed by atoms with Gasteiger partial charge in [0.25, 0.3) is 5.91 Å². The monoisotopic (exact) mass is 508 g/mol. The van der Waals surface area contributed by atoms with Crippen LogP contribution in [0.1, 0.15) is 72.9 Å². The summed E-state index contributed by atoms with van der Waals surface area (Å²) in [7, 11) is -3.17. The molecule has 1 saturated carbocycles. The highest BCUT2D eigenvalue weighted by Gasteiger charge is 2.29. The molecule has 192 valence electrons. The molecule has 0 atom stereocenters. The summed E-state index contributed by atoms with van der Waals surface area (Å²) in [6, 6.07) is 13.1. The van der Waals surface area contributed by atoms with Crippen LogP contribution in [0, 0.1) is 0 Å². The van der Waals surface area contributed by atoms with Gasteiger partial charge >= 0.3 is 0 Å². The number of carbonyl (C=O) groups is 1. The van der Waals surface area contributed by atoms with E-state index in [9.17, 15) is 13.2 Å². The van der Waals surface area contributed by atoms with Gasteiger partial charge in [-0.1, -0.05) is 31.0 Å². The lowest BCUT2D eigenvalue weighted by Gasteiger charge is -2.31. The molecule has 0 spiro atoms. The molecule has 1 aliphatic carbocycles. The zero-order chi connectivity index (χ0) is 25.3. The highest BCUT2D eigenvalue weighted by Crippen LogP contribution is 2.37. The van der Waals surface area contributed by atoms with Crippen LogP contribution in [-0.2, 0) is 16.6 Å². The number of rotatable bonds is 8. The van der Waals surface area contributed by atoms with Crippen LogP contribution in [0.2, 0.25) is 0 Å². The molecule has 36 heavy (non-hydrogen) atoms. The Kier molecular flexibility index (Phi) is 7.19. The lowest BCUT2D eigenvalue weighted by atomic mass is 9.88. The lowest BCUT2D eigenvalue weighted by molar-refractivity contribution is 0.100. The van der Waals surface area contributed by atoms with Gasteiger partial charge in [-0.25, -0.2) is 12.7 Å². The molecule has 4 N–H and O–H groups in total. The number of nitrogens with two attached hydrogens (primary N) is 1. The van der Waals surface area contributed by atoms with E-state index in [-0.39, 0.29) is 11.7 Å². The van der Waals surface area contributed by atoms with Crippen LogP contribution in [0.4, 0.5) is 0 Å². The molecule has 8 heteroatoms. The van der Waals surface area contributed by atoms with Gasteiger partial charge in [-0.2, -0.15) is 0 Å². The van der Waals surface area contributed by atoms with Gasteiger partial charge in [-0.3, -0.25) is 4.79 Å². The smallest absolute Gasteiger partial charge is 0.250 e. The van der Waals surface area contributed by atoms with Gasteiger partial charge in [0.05, 0.1) is 16.8 Å². The fourth-order valence-corrected chi connectivity index (χ4v) is 6.96. The Bertz CT molecular complexity index is 1350. The quantitative estimate of drug-likeness (QED) is 0.416. The van der Waals surface area contributed by atoms with Gasteiger partial charge < -0.3 is 16.0 Å². The number of hydrogen-bond donors (Lipinski definition) is 3. The molecule has 7 nitrogen and oxygen atoms in total. The zero-order valence-electron chi connectivity index (χ0n) is 20.9. The Hall–Kier alpha value is -2.68. The number of amides is 1. The molecule has 5 rings (SSSR count). The summed E-state index contributed by atoms with van der Waals surface area (Å²) in [5, 5.41) is 4.67. The van der Waals surface area contributed by atoms with Gasteiger partial charge in [-0.15, -0.1) is 0 Å². The topological polar surface area (TPSA) is 108 Å². The van der Waals surface area contributed by atoms with E-state index in [1.165, 1.54) is 31.2 Å². The van der Waals surface area contributed by atoms with E-state index in [0.29, 0.717) is 24.7 Å².